The lowest BCUT2D eigenvalue weighted by Gasteiger charge is -2.23. The number of hydrogen-bond donors (Lipinski definition) is 1. The summed E-state index contributed by atoms with van der Waals surface area (Å²) in [5.74, 6) is 0. The molecule has 1 rings (SSSR count). The van der Waals surface area contributed by atoms with Crippen molar-refractivity contribution in [2.45, 2.75) is 25.3 Å². The average Bonchev–Trinajstić information content (AvgIpc) is 2.13. The average molecular weight is 213 g/mol. The van der Waals surface area contributed by atoms with E-state index >= 15 is 0 Å². The monoisotopic (exact) mass is 213 g/mol. The Hall–Kier alpha value is -0.330. The van der Waals surface area contributed by atoms with E-state index in [1.54, 1.807) is 0 Å². The molecule has 0 aliphatic carbocycles. The predicted octanol–water partition coefficient (Wildman–Crippen LogP) is 1.29. The van der Waals surface area contributed by atoms with E-state index in [4.69, 9.17) is 4.74 Å². The first-order valence-corrected chi connectivity index (χ1v) is 4.61. The van der Waals surface area contributed by atoms with Gasteiger partial charge in [0, 0.05) is 6.54 Å². The fourth-order valence-corrected chi connectivity index (χ4v) is 1.33. The van der Waals surface area contributed by atoms with Gasteiger partial charge in [-0.05, 0) is 19.4 Å². The molecule has 1 heterocycles. The normalized spacial score (nSPS) is 23.8. The summed E-state index contributed by atoms with van der Waals surface area (Å²) in [6.07, 6.45) is -2.61. The summed E-state index contributed by atoms with van der Waals surface area (Å²) in [6, 6.07) is 0. The van der Waals surface area contributed by atoms with Gasteiger partial charge in [0.25, 0.3) is 0 Å². The highest BCUT2D eigenvalue weighted by Gasteiger charge is 2.28. The molecule has 14 heavy (non-hydrogen) atoms. The third kappa shape index (κ3) is 5.41. The van der Waals surface area contributed by atoms with E-state index in [0.717, 1.165) is 19.4 Å². The minimum atomic E-state index is -4.55. The molecule has 6 heteroatoms. The molecule has 0 aromatic carbocycles. The molecule has 0 bridgehead atoms. The number of alkyl halides is 3. The summed E-state index contributed by atoms with van der Waals surface area (Å²) < 4.78 is 43.4. The van der Waals surface area contributed by atoms with Gasteiger partial charge in [-0.15, -0.1) is 13.2 Å². The Morgan fingerprint density at radius 3 is 2.64 bits per heavy atom. The standard InChI is InChI=1S/C8H14F3NO2/c9-8(10,11)14-5-4-13-7-2-1-3-12-6-7/h7,12H,1-6H2/t7-/m1/s1. The van der Waals surface area contributed by atoms with Crippen LogP contribution in [-0.4, -0.2) is 38.8 Å². The van der Waals surface area contributed by atoms with Crippen LogP contribution < -0.4 is 5.32 Å². The lowest BCUT2D eigenvalue weighted by molar-refractivity contribution is -0.327. The highest BCUT2D eigenvalue weighted by Crippen LogP contribution is 2.15. The van der Waals surface area contributed by atoms with Gasteiger partial charge < -0.3 is 10.1 Å². The van der Waals surface area contributed by atoms with Gasteiger partial charge in [-0.25, -0.2) is 0 Å². The summed E-state index contributed by atoms with van der Waals surface area (Å²) in [5.41, 5.74) is 0. The van der Waals surface area contributed by atoms with E-state index in [1.807, 2.05) is 0 Å². The van der Waals surface area contributed by atoms with Crippen LogP contribution in [-0.2, 0) is 9.47 Å². The zero-order valence-electron chi connectivity index (χ0n) is 7.77. The largest absolute Gasteiger partial charge is 0.522 e. The summed E-state index contributed by atoms with van der Waals surface area (Å²) in [6.45, 7) is 1.23. The molecule has 0 radical (unpaired) electrons. The molecule has 0 unspecified atom stereocenters. The zero-order chi connectivity index (χ0) is 10.4. The van der Waals surface area contributed by atoms with Crippen LogP contribution in [0.4, 0.5) is 13.2 Å². The molecule has 0 aromatic rings. The van der Waals surface area contributed by atoms with Gasteiger partial charge >= 0.3 is 6.36 Å². The van der Waals surface area contributed by atoms with Gasteiger partial charge in [-0.1, -0.05) is 0 Å². The number of ether oxygens (including phenoxy) is 2. The Balaban J connectivity index is 1.97. The number of nitrogens with one attached hydrogen (secondary N) is 1. The lowest BCUT2D eigenvalue weighted by Crippen LogP contribution is -2.36. The third-order valence-electron chi connectivity index (χ3n) is 1.95. The topological polar surface area (TPSA) is 30.5 Å². The van der Waals surface area contributed by atoms with Gasteiger partial charge in [0.15, 0.2) is 0 Å². The molecule has 1 saturated heterocycles. The first-order valence-electron chi connectivity index (χ1n) is 4.61. The van der Waals surface area contributed by atoms with Crippen molar-refractivity contribution in [3.63, 3.8) is 0 Å². The van der Waals surface area contributed by atoms with Gasteiger partial charge in [-0.2, -0.15) is 0 Å². The third-order valence-corrected chi connectivity index (χ3v) is 1.95. The Labute approximate surface area is 80.6 Å². The van der Waals surface area contributed by atoms with Crippen LogP contribution in [0.2, 0.25) is 0 Å². The first-order chi connectivity index (χ1) is 6.58. The molecule has 0 spiro atoms. The molecule has 3 nitrogen and oxygen atoms in total. The van der Waals surface area contributed by atoms with Gasteiger partial charge in [0.1, 0.15) is 0 Å². The van der Waals surface area contributed by atoms with Gasteiger partial charge in [0.2, 0.25) is 0 Å². The molecule has 0 amide bonds. The van der Waals surface area contributed by atoms with Crippen LogP contribution in [0.1, 0.15) is 12.8 Å². The van der Waals surface area contributed by atoms with Crippen LogP contribution in [0.3, 0.4) is 0 Å². The SMILES string of the molecule is FC(F)(F)OCCO[C@@H]1CCCNC1. The maximum atomic E-state index is 11.5. The molecule has 84 valence electrons. The van der Waals surface area contributed by atoms with Crippen LogP contribution in [0.5, 0.6) is 0 Å². The van der Waals surface area contributed by atoms with Crippen molar-refractivity contribution in [2.24, 2.45) is 0 Å². The summed E-state index contributed by atoms with van der Waals surface area (Å²) >= 11 is 0. The van der Waals surface area contributed by atoms with E-state index in [0.29, 0.717) is 6.54 Å². The van der Waals surface area contributed by atoms with Crippen molar-refractivity contribution in [3.05, 3.63) is 0 Å². The van der Waals surface area contributed by atoms with E-state index in [1.165, 1.54) is 0 Å². The highest BCUT2D eigenvalue weighted by atomic mass is 19.4. The molecule has 1 fully saturated rings. The quantitative estimate of drug-likeness (QED) is 0.714. The second-order valence-corrected chi connectivity index (χ2v) is 3.13. The van der Waals surface area contributed by atoms with Crippen molar-refractivity contribution >= 4 is 0 Å². The first kappa shape index (κ1) is 11.7. The van der Waals surface area contributed by atoms with E-state index in [9.17, 15) is 13.2 Å². The van der Waals surface area contributed by atoms with E-state index in [-0.39, 0.29) is 12.7 Å². The van der Waals surface area contributed by atoms with Gasteiger partial charge in [0.05, 0.1) is 19.3 Å². The zero-order valence-corrected chi connectivity index (χ0v) is 7.77. The fraction of sp³-hybridized carbons (Fsp3) is 1.00. The van der Waals surface area contributed by atoms with Crippen molar-refractivity contribution in [1.82, 2.24) is 5.32 Å². The number of hydrogen-bond acceptors (Lipinski definition) is 3. The summed E-state index contributed by atoms with van der Waals surface area (Å²) in [5, 5.41) is 3.10. The molecular weight excluding hydrogens is 199 g/mol. The predicted molar refractivity (Wildman–Crippen MR) is 43.9 cm³/mol. The highest BCUT2D eigenvalue weighted by molar-refractivity contribution is 4.68. The van der Waals surface area contributed by atoms with E-state index in [2.05, 4.69) is 10.1 Å². The molecule has 1 N–H and O–H groups in total. The Kier molecular flexibility index (Phi) is 4.64. The Bertz CT molecular complexity index is 157. The lowest BCUT2D eigenvalue weighted by atomic mass is 10.1. The molecule has 1 atom stereocenters. The molecule has 1 aliphatic rings. The summed E-state index contributed by atoms with van der Waals surface area (Å²) in [7, 11) is 0. The summed E-state index contributed by atoms with van der Waals surface area (Å²) in [4.78, 5) is 0. The van der Waals surface area contributed by atoms with Crippen molar-refractivity contribution in [3.8, 4) is 0 Å². The molecule has 0 aromatic heterocycles. The molecule has 1 aliphatic heterocycles. The Morgan fingerprint density at radius 1 is 1.29 bits per heavy atom. The molecule has 0 saturated carbocycles. The number of halogens is 3. The van der Waals surface area contributed by atoms with Crippen LogP contribution in [0.15, 0.2) is 0 Å². The smallest absolute Gasteiger partial charge is 0.375 e. The van der Waals surface area contributed by atoms with Crippen LogP contribution in [0, 0.1) is 0 Å². The van der Waals surface area contributed by atoms with E-state index < -0.39 is 13.0 Å². The minimum Gasteiger partial charge on any atom is -0.375 e. The van der Waals surface area contributed by atoms with Gasteiger partial charge in [-0.3, -0.25) is 4.74 Å². The van der Waals surface area contributed by atoms with Crippen molar-refractivity contribution < 1.29 is 22.6 Å². The minimum absolute atomic E-state index is 0.00808. The second kappa shape index (κ2) is 5.53. The fourth-order valence-electron chi connectivity index (χ4n) is 1.33. The number of piperidine rings is 1. The van der Waals surface area contributed by atoms with Crippen molar-refractivity contribution in [2.75, 3.05) is 26.3 Å². The Morgan fingerprint density at radius 2 is 2.07 bits per heavy atom. The second-order valence-electron chi connectivity index (χ2n) is 3.13. The maximum absolute atomic E-state index is 11.5. The maximum Gasteiger partial charge on any atom is 0.522 e. The number of rotatable bonds is 4. The van der Waals surface area contributed by atoms with Crippen LogP contribution in [0.25, 0.3) is 0 Å². The van der Waals surface area contributed by atoms with Crippen molar-refractivity contribution in [1.29, 1.82) is 0 Å². The van der Waals surface area contributed by atoms with Crippen LogP contribution >= 0.6 is 0 Å². The molecular formula is C8H14F3NO2.